The van der Waals surface area contributed by atoms with Gasteiger partial charge in [0.05, 0.1) is 23.4 Å². The highest BCUT2D eigenvalue weighted by molar-refractivity contribution is 6.30. The molecule has 1 unspecified atom stereocenters. The average Bonchev–Trinajstić information content (AvgIpc) is 3.30. The van der Waals surface area contributed by atoms with Crippen molar-refractivity contribution in [3.8, 4) is 11.3 Å². The Labute approximate surface area is 272 Å². The number of anilines is 4. The predicted molar refractivity (Wildman–Crippen MR) is 173 cm³/mol. The molecule has 14 heteroatoms. The van der Waals surface area contributed by atoms with Crippen LogP contribution in [0.5, 0.6) is 0 Å². The zero-order valence-corrected chi connectivity index (χ0v) is 27.1. The number of halogens is 2. The molecule has 3 aromatic rings. The standard InChI is InChI=1S/C32H39ClFN9O3/c1-18-14-43(15-19(2)37-18)22-9-20(10-22)30(44)39-28-13-27(35-17-36-28)38-26-12-25(23-11-21(33)5-6-24(23)34)40-41-29(26)42(4)16-32(3)7-8-46-31(32)45/h5-6,11-13,17-20,22,37H,7-10,14-16H2,1-4H3,(H2,35,36,38,39,40,44)/t18-,19+,20?,22?,32?. The summed E-state index contributed by atoms with van der Waals surface area (Å²) in [6, 6.07) is 8.77. The fourth-order valence-electron chi connectivity index (χ4n) is 6.60. The first-order valence-electron chi connectivity index (χ1n) is 15.6. The maximum absolute atomic E-state index is 14.8. The van der Waals surface area contributed by atoms with Crippen LogP contribution in [0.4, 0.5) is 27.5 Å². The minimum atomic E-state index is -0.723. The second-order valence-electron chi connectivity index (χ2n) is 13.0. The normalized spacial score (nSPS) is 26.3. The van der Waals surface area contributed by atoms with Gasteiger partial charge in [-0.25, -0.2) is 14.4 Å². The molecular formula is C32H39ClFN9O3. The molecule has 0 bridgehead atoms. The summed E-state index contributed by atoms with van der Waals surface area (Å²) in [5, 5.41) is 18.8. The maximum atomic E-state index is 14.8. The molecule has 1 aliphatic carbocycles. The third-order valence-electron chi connectivity index (χ3n) is 9.07. The highest BCUT2D eigenvalue weighted by Crippen LogP contribution is 2.36. The first-order valence-corrected chi connectivity index (χ1v) is 16.0. The number of piperazine rings is 1. The number of benzene rings is 1. The minimum Gasteiger partial charge on any atom is -0.465 e. The van der Waals surface area contributed by atoms with Gasteiger partial charge in [-0.05, 0) is 64.3 Å². The Kier molecular flexibility index (Phi) is 9.08. The second kappa shape index (κ2) is 13.0. The van der Waals surface area contributed by atoms with Crippen LogP contribution < -0.4 is 20.9 Å². The van der Waals surface area contributed by atoms with Crippen LogP contribution in [0.3, 0.4) is 0 Å². The zero-order valence-electron chi connectivity index (χ0n) is 26.4. The summed E-state index contributed by atoms with van der Waals surface area (Å²) in [6.45, 7) is 8.89. The molecule has 1 saturated carbocycles. The summed E-state index contributed by atoms with van der Waals surface area (Å²) < 4.78 is 20.0. The minimum absolute atomic E-state index is 0.0708. The van der Waals surface area contributed by atoms with Crippen molar-refractivity contribution in [2.45, 2.75) is 58.2 Å². The molecule has 244 valence electrons. The number of hydrogen-bond acceptors (Lipinski definition) is 11. The number of esters is 1. The largest absolute Gasteiger partial charge is 0.465 e. The summed E-state index contributed by atoms with van der Waals surface area (Å²) in [5.41, 5.74) is 0.170. The number of ether oxygens (including phenoxy) is 1. The maximum Gasteiger partial charge on any atom is 0.313 e. The fraction of sp³-hybridized carbons (Fsp3) is 0.500. The topological polar surface area (TPSA) is 138 Å². The summed E-state index contributed by atoms with van der Waals surface area (Å²) in [5.74, 6) is 0.220. The van der Waals surface area contributed by atoms with E-state index in [0.29, 0.717) is 65.9 Å². The van der Waals surface area contributed by atoms with Crippen molar-refractivity contribution in [1.29, 1.82) is 0 Å². The van der Waals surface area contributed by atoms with E-state index >= 15 is 0 Å². The number of nitrogens with one attached hydrogen (secondary N) is 3. The molecule has 3 N–H and O–H groups in total. The van der Waals surface area contributed by atoms with Crippen LogP contribution in [0.2, 0.25) is 5.02 Å². The van der Waals surface area contributed by atoms with Gasteiger partial charge in [-0.2, -0.15) is 0 Å². The van der Waals surface area contributed by atoms with Crippen molar-refractivity contribution < 1.29 is 18.7 Å². The Bertz CT molecular complexity index is 1610. The van der Waals surface area contributed by atoms with E-state index in [-0.39, 0.29) is 29.1 Å². The Morgan fingerprint density at radius 3 is 2.61 bits per heavy atom. The van der Waals surface area contributed by atoms with E-state index in [0.717, 1.165) is 25.9 Å². The lowest BCUT2D eigenvalue weighted by Gasteiger charge is -2.47. The lowest BCUT2D eigenvalue weighted by molar-refractivity contribution is -0.145. The number of aromatic nitrogens is 4. The van der Waals surface area contributed by atoms with Gasteiger partial charge in [-0.3, -0.25) is 14.5 Å². The third-order valence-corrected chi connectivity index (χ3v) is 9.31. The van der Waals surface area contributed by atoms with Crippen molar-refractivity contribution in [1.82, 2.24) is 30.4 Å². The number of rotatable bonds is 9. The molecule has 2 saturated heterocycles. The van der Waals surface area contributed by atoms with Crippen molar-refractivity contribution in [3.05, 3.63) is 47.5 Å². The predicted octanol–water partition coefficient (Wildman–Crippen LogP) is 4.26. The van der Waals surface area contributed by atoms with Crippen molar-refractivity contribution >= 4 is 46.6 Å². The number of amides is 1. The number of nitrogens with zero attached hydrogens (tertiary/aromatic N) is 6. The first-order chi connectivity index (χ1) is 22.0. The molecule has 4 heterocycles. The van der Waals surface area contributed by atoms with Crippen molar-refractivity contribution in [2.75, 3.05) is 48.8 Å². The fourth-order valence-corrected chi connectivity index (χ4v) is 6.77. The number of carbonyl (C=O) groups is 2. The average molecular weight is 652 g/mol. The molecule has 12 nitrogen and oxygen atoms in total. The number of cyclic esters (lactones) is 1. The zero-order chi connectivity index (χ0) is 32.6. The van der Waals surface area contributed by atoms with E-state index in [4.69, 9.17) is 16.3 Å². The molecular weight excluding hydrogens is 613 g/mol. The molecule has 3 atom stereocenters. The highest BCUT2D eigenvalue weighted by Gasteiger charge is 2.42. The van der Waals surface area contributed by atoms with Crippen LogP contribution in [0.15, 0.2) is 36.7 Å². The van der Waals surface area contributed by atoms with E-state index in [1.165, 1.54) is 24.5 Å². The Morgan fingerprint density at radius 2 is 1.89 bits per heavy atom. The van der Waals surface area contributed by atoms with E-state index in [2.05, 4.69) is 54.9 Å². The summed E-state index contributed by atoms with van der Waals surface area (Å²) in [7, 11) is 1.80. The van der Waals surface area contributed by atoms with E-state index in [1.807, 2.05) is 6.92 Å². The summed E-state index contributed by atoms with van der Waals surface area (Å²) in [6.07, 6.45) is 3.56. The number of hydrogen-bond donors (Lipinski definition) is 3. The molecule has 46 heavy (non-hydrogen) atoms. The molecule has 2 aromatic heterocycles. The van der Waals surface area contributed by atoms with Crippen LogP contribution in [0.25, 0.3) is 11.3 Å². The van der Waals surface area contributed by atoms with Gasteiger partial charge in [0.1, 0.15) is 23.8 Å². The first kappa shape index (κ1) is 32.0. The Morgan fingerprint density at radius 1 is 1.15 bits per heavy atom. The quantitative estimate of drug-likeness (QED) is 0.286. The third kappa shape index (κ3) is 6.91. The molecule has 1 amide bonds. The van der Waals surface area contributed by atoms with Crippen LogP contribution in [0, 0.1) is 17.2 Å². The SMILES string of the molecule is C[C@@H]1CN(C2CC(C(=O)Nc3cc(Nc4cc(-c5cc(Cl)ccc5F)nnc4N(C)CC4(C)CCOC4=O)ncn3)C2)C[C@H](C)N1. The number of carbonyl (C=O) groups excluding carboxylic acids is 2. The van der Waals surface area contributed by atoms with E-state index < -0.39 is 11.2 Å². The molecule has 0 radical (unpaired) electrons. The smallest absolute Gasteiger partial charge is 0.313 e. The van der Waals surface area contributed by atoms with Crippen LogP contribution >= 0.6 is 11.6 Å². The molecule has 1 aromatic carbocycles. The van der Waals surface area contributed by atoms with Gasteiger partial charge < -0.3 is 25.6 Å². The van der Waals surface area contributed by atoms with E-state index in [1.54, 1.807) is 24.1 Å². The van der Waals surface area contributed by atoms with Gasteiger partial charge in [-0.15, -0.1) is 10.2 Å². The lowest BCUT2D eigenvalue weighted by Crippen LogP contribution is -2.60. The second-order valence-corrected chi connectivity index (χ2v) is 13.5. The van der Waals surface area contributed by atoms with Gasteiger partial charge in [0.25, 0.3) is 0 Å². The Balaban J connectivity index is 1.19. The van der Waals surface area contributed by atoms with Gasteiger partial charge in [0.15, 0.2) is 5.82 Å². The van der Waals surface area contributed by atoms with Crippen LogP contribution in [0.1, 0.15) is 40.0 Å². The van der Waals surface area contributed by atoms with Gasteiger partial charge >= 0.3 is 5.97 Å². The molecule has 6 rings (SSSR count). The lowest BCUT2D eigenvalue weighted by atomic mass is 9.78. The van der Waals surface area contributed by atoms with Crippen LogP contribution in [-0.4, -0.2) is 88.4 Å². The molecule has 2 aliphatic heterocycles. The summed E-state index contributed by atoms with van der Waals surface area (Å²) >= 11 is 6.16. The highest BCUT2D eigenvalue weighted by atomic mass is 35.5. The van der Waals surface area contributed by atoms with Gasteiger partial charge in [0, 0.05) is 67.4 Å². The van der Waals surface area contributed by atoms with Crippen molar-refractivity contribution in [3.63, 3.8) is 0 Å². The van der Waals surface area contributed by atoms with Gasteiger partial charge in [0.2, 0.25) is 5.91 Å². The monoisotopic (exact) mass is 651 g/mol. The van der Waals surface area contributed by atoms with Crippen LogP contribution in [-0.2, 0) is 14.3 Å². The van der Waals surface area contributed by atoms with Gasteiger partial charge in [-0.1, -0.05) is 11.6 Å². The van der Waals surface area contributed by atoms with Crippen molar-refractivity contribution in [2.24, 2.45) is 11.3 Å². The summed E-state index contributed by atoms with van der Waals surface area (Å²) in [4.78, 5) is 38.5. The van der Waals surface area contributed by atoms with E-state index in [9.17, 15) is 14.0 Å². The molecule has 3 aliphatic rings. The Hall–Kier alpha value is -3.94. The molecule has 3 fully saturated rings. The molecule has 0 spiro atoms.